The first kappa shape index (κ1) is 19.6. The summed E-state index contributed by atoms with van der Waals surface area (Å²) in [4.78, 5) is 23.6. The number of carboxylic acid groups (broad SMARTS) is 1. The molecule has 6 nitrogen and oxygen atoms in total. The minimum absolute atomic E-state index is 0.0303. The fourth-order valence-corrected chi connectivity index (χ4v) is 3.25. The number of allylic oxidation sites excluding steroid dienone is 5. The van der Waals surface area contributed by atoms with Crippen molar-refractivity contribution in [3.8, 4) is 0 Å². The highest BCUT2D eigenvalue weighted by Gasteiger charge is 2.32. The number of methoxy groups -OCH3 is 1. The van der Waals surface area contributed by atoms with Gasteiger partial charge in [0, 0.05) is 5.57 Å². The van der Waals surface area contributed by atoms with Crippen molar-refractivity contribution in [1.82, 2.24) is 0 Å². The van der Waals surface area contributed by atoms with Crippen LogP contribution in [-0.4, -0.2) is 35.3 Å². The van der Waals surface area contributed by atoms with E-state index in [1.54, 1.807) is 13.2 Å². The van der Waals surface area contributed by atoms with Gasteiger partial charge in [-0.1, -0.05) is 18.2 Å². The maximum absolute atomic E-state index is 14.5. The van der Waals surface area contributed by atoms with Crippen LogP contribution in [0.4, 0.5) is 10.1 Å². The van der Waals surface area contributed by atoms with Crippen LogP contribution in [0.1, 0.15) is 24.8 Å². The van der Waals surface area contributed by atoms with E-state index in [9.17, 15) is 19.1 Å². The molecule has 2 aliphatic carbocycles. The zero-order valence-corrected chi connectivity index (χ0v) is 15.2. The van der Waals surface area contributed by atoms with Gasteiger partial charge in [-0.2, -0.15) is 0 Å². The summed E-state index contributed by atoms with van der Waals surface area (Å²) in [7, 11) is 1.58. The lowest BCUT2D eigenvalue weighted by atomic mass is 10.0. The molecule has 0 fully saturated rings. The summed E-state index contributed by atoms with van der Waals surface area (Å²) in [6, 6.07) is 4.43. The van der Waals surface area contributed by atoms with Crippen LogP contribution in [0.5, 0.6) is 0 Å². The number of amides is 1. The summed E-state index contributed by atoms with van der Waals surface area (Å²) in [5.74, 6) is -1.98. The van der Waals surface area contributed by atoms with E-state index in [0.29, 0.717) is 12.0 Å². The Morgan fingerprint density at radius 1 is 1.32 bits per heavy atom. The Hall–Kier alpha value is -3.19. The van der Waals surface area contributed by atoms with Gasteiger partial charge in [0.05, 0.1) is 24.5 Å². The fraction of sp³-hybridized carbons (Fsp3) is 0.238. The minimum Gasteiger partial charge on any atom is -0.497 e. The number of ether oxygens (including phenoxy) is 1. The van der Waals surface area contributed by atoms with Gasteiger partial charge in [-0.3, -0.25) is 4.79 Å². The molecule has 0 saturated carbocycles. The largest absolute Gasteiger partial charge is 0.497 e. The van der Waals surface area contributed by atoms with Crippen molar-refractivity contribution in [2.75, 3.05) is 12.4 Å². The van der Waals surface area contributed by atoms with E-state index in [1.807, 2.05) is 24.3 Å². The molecule has 0 radical (unpaired) electrons. The number of anilines is 1. The number of halogens is 1. The SMILES string of the molecule is COC1=CCC(c2ccc(NC(=O)C3=C(C(=O)O)C(O)CC3)c(F)c2)=CC=C1. The normalized spacial score (nSPS) is 19.0. The number of carbonyl (C=O) groups is 2. The second-order valence-electron chi connectivity index (χ2n) is 6.47. The molecular weight excluding hydrogens is 365 g/mol. The predicted molar refractivity (Wildman–Crippen MR) is 102 cm³/mol. The summed E-state index contributed by atoms with van der Waals surface area (Å²) in [6.45, 7) is 0. The molecule has 1 unspecified atom stereocenters. The van der Waals surface area contributed by atoms with Crippen molar-refractivity contribution in [2.24, 2.45) is 0 Å². The molecule has 0 spiro atoms. The average Bonchev–Trinajstić information content (AvgIpc) is 2.90. The first-order chi connectivity index (χ1) is 13.4. The Labute approximate surface area is 161 Å². The van der Waals surface area contributed by atoms with Crippen LogP contribution >= 0.6 is 0 Å². The van der Waals surface area contributed by atoms with Crippen LogP contribution in [0.15, 0.2) is 59.4 Å². The molecule has 28 heavy (non-hydrogen) atoms. The summed E-state index contributed by atoms with van der Waals surface area (Å²) < 4.78 is 19.7. The lowest BCUT2D eigenvalue weighted by Gasteiger charge is -2.11. The highest BCUT2D eigenvalue weighted by atomic mass is 19.1. The molecule has 7 heteroatoms. The summed E-state index contributed by atoms with van der Waals surface area (Å²) in [6.07, 6.45) is 7.03. The van der Waals surface area contributed by atoms with E-state index in [2.05, 4.69) is 5.32 Å². The van der Waals surface area contributed by atoms with Gasteiger partial charge in [0.1, 0.15) is 11.6 Å². The highest BCUT2D eigenvalue weighted by molar-refractivity contribution is 6.09. The van der Waals surface area contributed by atoms with Crippen molar-refractivity contribution < 1.29 is 28.9 Å². The number of hydrogen-bond donors (Lipinski definition) is 3. The summed E-state index contributed by atoms with van der Waals surface area (Å²) in [5.41, 5.74) is 1.14. The fourth-order valence-electron chi connectivity index (χ4n) is 3.25. The van der Waals surface area contributed by atoms with E-state index in [0.717, 1.165) is 11.3 Å². The van der Waals surface area contributed by atoms with Gasteiger partial charge in [-0.15, -0.1) is 0 Å². The molecule has 0 aliphatic heterocycles. The maximum Gasteiger partial charge on any atom is 0.334 e. The minimum atomic E-state index is -1.34. The predicted octanol–water partition coefficient (Wildman–Crippen LogP) is 3.17. The molecule has 2 aliphatic rings. The Morgan fingerprint density at radius 3 is 2.79 bits per heavy atom. The second kappa shape index (κ2) is 8.22. The molecule has 3 rings (SSSR count). The third-order valence-corrected chi connectivity index (χ3v) is 4.74. The van der Waals surface area contributed by atoms with Gasteiger partial charge in [0.2, 0.25) is 0 Å². The van der Waals surface area contributed by atoms with Gasteiger partial charge in [0.25, 0.3) is 5.91 Å². The van der Waals surface area contributed by atoms with Gasteiger partial charge < -0.3 is 20.3 Å². The van der Waals surface area contributed by atoms with Crippen LogP contribution in [0.3, 0.4) is 0 Å². The maximum atomic E-state index is 14.5. The first-order valence-corrected chi connectivity index (χ1v) is 8.77. The van der Waals surface area contributed by atoms with E-state index in [4.69, 9.17) is 9.84 Å². The Balaban J connectivity index is 1.79. The van der Waals surface area contributed by atoms with Crippen LogP contribution in [0.25, 0.3) is 5.57 Å². The molecular formula is C21H20FNO5. The molecule has 1 atom stereocenters. The quantitative estimate of drug-likeness (QED) is 0.724. The third kappa shape index (κ3) is 4.04. The number of aliphatic carboxylic acids is 1. The van der Waals surface area contributed by atoms with Gasteiger partial charge in [-0.05, 0) is 54.7 Å². The zero-order valence-electron chi connectivity index (χ0n) is 15.2. The molecule has 1 aromatic carbocycles. The number of hydrogen-bond acceptors (Lipinski definition) is 4. The molecule has 3 N–H and O–H groups in total. The number of benzene rings is 1. The standard InChI is InChI=1S/C21H20FNO5/c1-28-14-4-2-3-12(5-7-14)13-6-9-17(16(22)11-13)23-20(25)15-8-10-18(24)19(15)21(26)27/h2-4,6-7,9,11,18,24H,5,8,10H2,1H3,(H,23,25)(H,26,27). The van der Waals surface area contributed by atoms with Crippen molar-refractivity contribution in [3.05, 3.63) is 70.8 Å². The van der Waals surface area contributed by atoms with E-state index in [-0.39, 0.29) is 29.7 Å². The van der Waals surface area contributed by atoms with Gasteiger partial charge in [0.15, 0.2) is 0 Å². The molecule has 0 aromatic heterocycles. The molecule has 0 heterocycles. The van der Waals surface area contributed by atoms with E-state index >= 15 is 0 Å². The molecule has 146 valence electrons. The molecule has 1 amide bonds. The van der Waals surface area contributed by atoms with E-state index < -0.39 is 23.8 Å². The number of rotatable bonds is 5. The number of carbonyl (C=O) groups excluding carboxylic acids is 1. The van der Waals surface area contributed by atoms with Crippen molar-refractivity contribution in [1.29, 1.82) is 0 Å². The molecule has 0 bridgehead atoms. The third-order valence-electron chi connectivity index (χ3n) is 4.74. The number of nitrogens with one attached hydrogen (secondary N) is 1. The van der Waals surface area contributed by atoms with Crippen LogP contribution in [0.2, 0.25) is 0 Å². The van der Waals surface area contributed by atoms with Gasteiger partial charge in [-0.25, -0.2) is 9.18 Å². The second-order valence-corrected chi connectivity index (χ2v) is 6.47. The number of carboxylic acids is 1. The zero-order chi connectivity index (χ0) is 20.3. The molecule has 0 saturated heterocycles. The smallest absolute Gasteiger partial charge is 0.334 e. The monoisotopic (exact) mass is 385 g/mol. The van der Waals surface area contributed by atoms with Crippen molar-refractivity contribution in [2.45, 2.75) is 25.4 Å². The van der Waals surface area contributed by atoms with Crippen LogP contribution in [-0.2, 0) is 14.3 Å². The number of aliphatic hydroxyl groups excluding tert-OH is 1. The lowest BCUT2D eigenvalue weighted by Crippen LogP contribution is -2.20. The van der Waals surface area contributed by atoms with Gasteiger partial charge >= 0.3 is 5.97 Å². The van der Waals surface area contributed by atoms with Crippen LogP contribution in [0, 0.1) is 5.82 Å². The first-order valence-electron chi connectivity index (χ1n) is 8.77. The average molecular weight is 385 g/mol. The number of aliphatic hydroxyl groups is 1. The summed E-state index contributed by atoms with van der Waals surface area (Å²) in [5, 5.41) is 21.3. The Morgan fingerprint density at radius 2 is 2.11 bits per heavy atom. The van der Waals surface area contributed by atoms with Crippen molar-refractivity contribution >= 4 is 23.1 Å². The Bertz CT molecular complexity index is 942. The highest BCUT2D eigenvalue weighted by Crippen LogP contribution is 2.29. The summed E-state index contributed by atoms with van der Waals surface area (Å²) >= 11 is 0. The topological polar surface area (TPSA) is 95.9 Å². The van der Waals surface area contributed by atoms with Crippen molar-refractivity contribution in [3.63, 3.8) is 0 Å². The lowest BCUT2D eigenvalue weighted by molar-refractivity contribution is -0.134. The van der Waals surface area contributed by atoms with Crippen LogP contribution < -0.4 is 5.32 Å². The Kier molecular flexibility index (Phi) is 5.75. The molecule has 1 aromatic rings. The van der Waals surface area contributed by atoms with E-state index in [1.165, 1.54) is 12.1 Å².